The fourth-order valence-corrected chi connectivity index (χ4v) is 4.05. The average molecular weight is 371 g/mol. The van der Waals surface area contributed by atoms with Crippen LogP contribution in [0.15, 0.2) is 52.9 Å². The highest BCUT2D eigenvalue weighted by molar-refractivity contribution is 8.00. The molecule has 0 unspecified atom stereocenters. The van der Waals surface area contributed by atoms with E-state index < -0.39 is 0 Å². The molecule has 0 aliphatic heterocycles. The van der Waals surface area contributed by atoms with Crippen molar-refractivity contribution in [2.24, 2.45) is 0 Å². The Morgan fingerprint density at radius 3 is 2.72 bits per heavy atom. The molecule has 0 fully saturated rings. The van der Waals surface area contributed by atoms with Crippen LogP contribution in [0.1, 0.15) is 21.5 Å². The van der Waals surface area contributed by atoms with Crippen LogP contribution in [0.3, 0.4) is 0 Å². The number of hydrogen-bond acceptors (Lipinski definition) is 6. The maximum Gasteiger partial charge on any atom is 0.261 e. The van der Waals surface area contributed by atoms with E-state index in [0.29, 0.717) is 16.4 Å². The molecule has 25 heavy (non-hydrogen) atoms. The third-order valence-corrected chi connectivity index (χ3v) is 5.61. The zero-order valence-electron chi connectivity index (χ0n) is 13.9. The number of ether oxygens (including phenoxy) is 1. The SMILES string of the molecule is COc1ccccc1C(=O)Nc1nnc(SCc2ccccc2C)s1. The van der Waals surface area contributed by atoms with Gasteiger partial charge in [0.15, 0.2) is 4.34 Å². The van der Waals surface area contributed by atoms with E-state index in [2.05, 4.69) is 34.6 Å². The lowest BCUT2D eigenvalue weighted by Crippen LogP contribution is -2.12. The summed E-state index contributed by atoms with van der Waals surface area (Å²) in [5.74, 6) is 1.09. The molecule has 2 aromatic carbocycles. The van der Waals surface area contributed by atoms with E-state index in [1.807, 2.05) is 18.2 Å². The van der Waals surface area contributed by atoms with Crippen molar-refractivity contribution in [1.82, 2.24) is 10.2 Å². The molecule has 1 aromatic heterocycles. The van der Waals surface area contributed by atoms with Gasteiger partial charge in [-0.05, 0) is 30.2 Å². The Bertz CT molecular complexity index is 880. The summed E-state index contributed by atoms with van der Waals surface area (Å²) in [6.45, 7) is 2.09. The number of hydrogen-bond donors (Lipinski definition) is 1. The van der Waals surface area contributed by atoms with Gasteiger partial charge < -0.3 is 4.74 Å². The van der Waals surface area contributed by atoms with Gasteiger partial charge in [0.05, 0.1) is 12.7 Å². The van der Waals surface area contributed by atoms with Crippen LogP contribution < -0.4 is 10.1 Å². The molecule has 0 bridgehead atoms. The monoisotopic (exact) mass is 371 g/mol. The Hall–Kier alpha value is -2.38. The van der Waals surface area contributed by atoms with E-state index in [0.717, 1.165) is 10.1 Å². The molecule has 1 amide bonds. The predicted molar refractivity (Wildman–Crippen MR) is 102 cm³/mol. The third kappa shape index (κ3) is 4.37. The molecule has 3 aromatic rings. The summed E-state index contributed by atoms with van der Waals surface area (Å²) >= 11 is 2.97. The highest BCUT2D eigenvalue weighted by Gasteiger charge is 2.14. The molecule has 1 N–H and O–H groups in total. The number of aromatic nitrogens is 2. The molecule has 0 aliphatic rings. The lowest BCUT2D eigenvalue weighted by Gasteiger charge is -2.06. The van der Waals surface area contributed by atoms with E-state index in [1.165, 1.54) is 29.6 Å². The highest BCUT2D eigenvalue weighted by Crippen LogP contribution is 2.29. The van der Waals surface area contributed by atoms with Gasteiger partial charge in [-0.15, -0.1) is 10.2 Å². The molecule has 5 nitrogen and oxygen atoms in total. The van der Waals surface area contributed by atoms with Crippen LogP contribution in [-0.4, -0.2) is 23.2 Å². The second-order valence-electron chi connectivity index (χ2n) is 5.24. The Morgan fingerprint density at radius 1 is 1.16 bits per heavy atom. The number of thioether (sulfide) groups is 1. The molecule has 7 heteroatoms. The van der Waals surface area contributed by atoms with Crippen LogP contribution in [0, 0.1) is 6.92 Å². The van der Waals surface area contributed by atoms with Crippen molar-refractivity contribution < 1.29 is 9.53 Å². The van der Waals surface area contributed by atoms with Crippen molar-refractivity contribution >= 4 is 34.1 Å². The van der Waals surface area contributed by atoms with Crippen LogP contribution in [0.25, 0.3) is 0 Å². The Balaban J connectivity index is 1.63. The number of para-hydroxylation sites is 1. The smallest absolute Gasteiger partial charge is 0.261 e. The molecule has 0 spiro atoms. The Labute approximate surface area is 154 Å². The minimum Gasteiger partial charge on any atom is -0.496 e. The quantitative estimate of drug-likeness (QED) is 0.514. The number of amides is 1. The molecule has 0 radical (unpaired) electrons. The van der Waals surface area contributed by atoms with Crippen molar-refractivity contribution in [3.05, 3.63) is 65.2 Å². The summed E-state index contributed by atoms with van der Waals surface area (Å²) in [4.78, 5) is 12.4. The van der Waals surface area contributed by atoms with E-state index in [1.54, 1.807) is 30.0 Å². The fraction of sp³-hybridized carbons (Fsp3) is 0.167. The maximum absolute atomic E-state index is 12.4. The summed E-state index contributed by atoms with van der Waals surface area (Å²) in [7, 11) is 1.54. The highest BCUT2D eigenvalue weighted by atomic mass is 32.2. The van der Waals surface area contributed by atoms with Crippen molar-refractivity contribution in [3.63, 3.8) is 0 Å². The predicted octanol–water partition coefficient (Wildman–Crippen LogP) is 4.40. The van der Waals surface area contributed by atoms with Gasteiger partial charge in [-0.2, -0.15) is 0 Å². The molecule has 3 rings (SSSR count). The molecule has 1 heterocycles. The van der Waals surface area contributed by atoms with E-state index >= 15 is 0 Å². The minimum atomic E-state index is -0.260. The first-order valence-corrected chi connectivity index (χ1v) is 9.43. The lowest BCUT2D eigenvalue weighted by molar-refractivity contribution is 0.102. The van der Waals surface area contributed by atoms with Crippen LogP contribution >= 0.6 is 23.1 Å². The molecule has 0 aliphatic carbocycles. The van der Waals surface area contributed by atoms with Crippen LogP contribution in [0.4, 0.5) is 5.13 Å². The summed E-state index contributed by atoms with van der Waals surface area (Å²) < 4.78 is 6.03. The lowest BCUT2D eigenvalue weighted by atomic mass is 10.1. The maximum atomic E-state index is 12.4. The Morgan fingerprint density at radius 2 is 1.92 bits per heavy atom. The molecule has 128 valence electrons. The van der Waals surface area contributed by atoms with Gasteiger partial charge in [0, 0.05) is 5.75 Å². The molecule has 0 saturated heterocycles. The van der Waals surface area contributed by atoms with Crippen LogP contribution in [-0.2, 0) is 5.75 Å². The van der Waals surface area contributed by atoms with Gasteiger partial charge in [0.1, 0.15) is 5.75 Å². The first-order valence-electron chi connectivity index (χ1n) is 7.62. The number of carbonyl (C=O) groups excluding carboxylic acids is 1. The number of anilines is 1. The van der Waals surface area contributed by atoms with Crippen LogP contribution in [0.2, 0.25) is 0 Å². The van der Waals surface area contributed by atoms with E-state index in [-0.39, 0.29) is 5.91 Å². The van der Waals surface area contributed by atoms with Crippen LogP contribution in [0.5, 0.6) is 5.75 Å². The van der Waals surface area contributed by atoms with E-state index in [4.69, 9.17) is 4.74 Å². The van der Waals surface area contributed by atoms with Gasteiger partial charge in [0.2, 0.25) is 5.13 Å². The van der Waals surface area contributed by atoms with Gasteiger partial charge in [0.25, 0.3) is 5.91 Å². The van der Waals surface area contributed by atoms with Gasteiger partial charge >= 0.3 is 0 Å². The fourth-order valence-electron chi connectivity index (χ4n) is 2.23. The summed E-state index contributed by atoms with van der Waals surface area (Å²) in [6, 6.07) is 15.3. The number of aryl methyl sites for hydroxylation is 1. The molecule has 0 saturated carbocycles. The summed E-state index contributed by atoms with van der Waals surface area (Å²) in [5, 5.41) is 11.4. The number of nitrogens with one attached hydrogen (secondary N) is 1. The standard InChI is InChI=1S/C18H17N3O2S2/c1-12-7-3-4-8-13(12)11-24-18-21-20-17(25-18)19-16(22)14-9-5-6-10-15(14)23-2/h3-10H,11H2,1-2H3,(H,19,20,22). The van der Waals surface area contributed by atoms with Crippen molar-refractivity contribution in [2.45, 2.75) is 17.0 Å². The average Bonchev–Trinajstić information content (AvgIpc) is 3.08. The normalized spacial score (nSPS) is 10.5. The van der Waals surface area contributed by atoms with Gasteiger partial charge in [-0.1, -0.05) is 59.5 Å². The number of carbonyl (C=O) groups is 1. The largest absolute Gasteiger partial charge is 0.496 e. The van der Waals surface area contributed by atoms with Gasteiger partial charge in [-0.25, -0.2) is 0 Å². The first kappa shape index (κ1) is 17.4. The van der Waals surface area contributed by atoms with Crippen molar-refractivity contribution in [3.8, 4) is 5.75 Å². The minimum absolute atomic E-state index is 0.260. The third-order valence-electron chi connectivity index (χ3n) is 3.59. The van der Waals surface area contributed by atoms with E-state index in [9.17, 15) is 4.79 Å². The van der Waals surface area contributed by atoms with Crippen molar-refractivity contribution in [2.75, 3.05) is 12.4 Å². The first-order chi connectivity index (χ1) is 12.2. The molecular formula is C18H17N3O2S2. The zero-order valence-corrected chi connectivity index (χ0v) is 15.5. The number of methoxy groups -OCH3 is 1. The molecular weight excluding hydrogens is 354 g/mol. The number of rotatable bonds is 6. The molecule has 0 atom stereocenters. The summed E-state index contributed by atoms with van der Waals surface area (Å²) in [6.07, 6.45) is 0. The Kier molecular flexibility index (Phi) is 5.67. The topological polar surface area (TPSA) is 64.1 Å². The second-order valence-corrected chi connectivity index (χ2v) is 7.44. The van der Waals surface area contributed by atoms with Crippen molar-refractivity contribution in [1.29, 1.82) is 0 Å². The second kappa shape index (κ2) is 8.13. The van der Waals surface area contributed by atoms with Gasteiger partial charge in [-0.3, -0.25) is 10.1 Å². The summed E-state index contributed by atoms with van der Waals surface area (Å²) in [5.41, 5.74) is 2.99. The number of nitrogens with zero attached hydrogens (tertiary/aromatic N) is 2. The zero-order chi connectivity index (χ0) is 17.6. The number of benzene rings is 2.